The molecule has 0 atom stereocenters. The van der Waals surface area contributed by atoms with Crippen LogP contribution in [0.4, 0.5) is 0 Å². The molecule has 0 unspecified atom stereocenters. The van der Waals surface area contributed by atoms with Crippen molar-refractivity contribution in [1.29, 1.82) is 0 Å². The molecule has 0 aromatic carbocycles. The molecule has 2 aliphatic rings. The maximum absolute atomic E-state index is 4.72. The van der Waals surface area contributed by atoms with Gasteiger partial charge in [-0.2, -0.15) is 0 Å². The summed E-state index contributed by atoms with van der Waals surface area (Å²) in [6.07, 6.45) is 0.975. The smallest absolute Gasteiger partial charge is 0.221 e. The Bertz CT molecular complexity index is 298. The second kappa shape index (κ2) is 3.93. The van der Waals surface area contributed by atoms with Crippen LogP contribution in [-0.4, -0.2) is 48.3 Å². The molecule has 4 nitrogen and oxygen atoms in total. The molecule has 0 aromatic heterocycles. The zero-order chi connectivity index (χ0) is 10.9. The van der Waals surface area contributed by atoms with Gasteiger partial charge < -0.3 is 10.2 Å². The van der Waals surface area contributed by atoms with Crippen molar-refractivity contribution in [2.45, 2.75) is 32.7 Å². The minimum atomic E-state index is 0.0199. The number of nitrogens with one attached hydrogen (secondary N) is 1. The largest absolute Gasteiger partial charge is 0.339 e. The molecule has 2 rings (SSSR count). The van der Waals surface area contributed by atoms with Crippen molar-refractivity contribution in [1.82, 2.24) is 10.2 Å². The van der Waals surface area contributed by atoms with Crippen molar-refractivity contribution < 1.29 is 0 Å². The van der Waals surface area contributed by atoms with Crippen molar-refractivity contribution in [3.05, 3.63) is 0 Å². The van der Waals surface area contributed by atoms with Crippen LogP contribution in [0.1, 0.15) is 27.2 Å². The molecular weight excluding hydrogens is 188 g/mol. The van der Waals surface area contributed by atoms with Crippen LogP contribution >= 0.6 is 0 Å². The number of piperazine rings is 1. The predicted octanol–water partition coefficient (Wildman–Crippen LogP) is 0.891. The molecule has 0 saturated carbocycles. The molecule has 0 spiro atoms. The Morgan fingerprint density at radius 1 is 1.27 bits per heavy atom. The van der Waals surface area contributed by atoms with E-state index in [4.69, 9.17) is 4.99 Å². The summed E-state index contributed by atoms with van der Waals surface area (Å²) < 4.78 is 0. The van der Waals surface area contributed by atoms with Gasteiger partial charge in [-0.1, -0.05) is 0 Å². The van der Waals surface area contributed by atoms with E-state index < -0.39 is 0 Å². The van der Waals surface area contributed by atoms with Gasteiger partial charge in [0.25, 0.3) is 0 Å². The quantitative estimate of drug-likeness (QED) is 0.642. The maximum atomic E-state index is 4.72. The molecule has 2 aliphatic heterocycles. The van der Waals surface area contributed by atoms with Crippen molar-refractivity contribution in [2.24, 2.45) is 9.98 Å². The summed E-state index contributed by atoms with van der Waals surface area (Å²) >= 11 is 0. The molecular formula is C11H20N4. The van der Waals surface area contributed by atoms with Gasteiger partial charge in [0, 0.05) is 38.3 Å². The molecule has 0 bridgehead atoms. The summed E-state index contributed by atoms with van der Waals surface area (Å²) in [5.74, 6) is 0.935. The van der Waals surface area contributed by atoms with E-state index in [1.54, 1.807) is 0 Å². The van der Waals surface area contributed by atoms with E-state index in [2.05, 4.69) is 36.0 Å². The molecule has 1 saturated heterocycles. The maximum Gasteiger partial charge on any atom is 0.221 e. The number of hydrogen-bond donors (Lipinski definition) is 1. The molecule has 0 aromatic rings. The van der Waals surface area contributed by atoms with Crippen LogP contribution in [0, 0.1) is 0 Å². The van der Waals surface area contributed by atoms with Gasteiger partial charge >= 0.3 is 0 Å². The van der Waals surface area contributed by atoms with E-state index in [9.17, 15) is 0 Å². The third-order valence-electron chi connectivity index (χ3n) is 2.78. The first-order valence-electron chi connectivity index (χ1n) is 5.66. The monoisotopic (exact) mass is 208 g/mol. The summed E-state index contributed by atoms with van der Waals surface area (Å²) in [6.45, 7) is 10.6. The molecule has 4 heteroatoms. The molecule has 2 heterocycles. The van der Waals surface area contributed by atoms with E-state index >= 15 is 0 Å². The molecule has 0 radical (unpaired) electrons. The zero-order valence-corrected chi connectivity index (χ0v) is 9.88. The first kappa shape index (κ1) is 10.6. The number of hydrogen-bond acceptors (Lipinski definition) is 4. The van der Waals surface area contributed by atoms with Crippen LogP contribution in [0.5, 0.6) is 0 Å². The van der Waals surface area contributed by atoms with Gasteiger partial charge in [0.2, 0.25) is 5.96 Å². The summed E-state index contributed by atoms with van der Waals surface area (Å²) in [6, 6.07) is 0. The molecule has 84 valence electrons. The third-order valence-corrected chi connectivity index (χ3v) is 2.78. The van der Waals surface area contributed by atoms with Crippen LogP contribution in [0.3, 0.4) is 0 Å². The zero-order valence-electron chi connectivity index (χ0n) is 9.88. The first-order chi connectivity index (χ1) is 7.07. The van der Waals surface area contributed by atoms with Gasteiger partial charge in [-0.15, -0.1) is 0 Å². The lowest BCUT2D eigenvalue weighted by molar-refractivity contribution is 0.346. The van der Waals surface area contributed by atoms with Gasteiger partial charge in [-0.05, 0) is 20.8 Å². The van der Waals surface area contributed by atoms with Crippen molar-refractivity contribution >= 4 is 11.7 Å². The Morgan fingerprint density at radius 3 is 2.53 bits per heavy atom. The lowest BCUT2D eigenvalue weighted by Gasteiger charge is -2.33. The highest BCUT2D eigenvalue weighted by molar-refractivity contribution is 5.98. The molecule has 1 N–H and O–H groups in total. The Hall–Kier alpha value is -0.900. The predicted molar refractivity (Wildman–Crippen MR) is 63.7 cm³/mol. The van der Waals surface area contributed by atoms with Gasteiger partial charge in [0.05, 0.1) is 5.54 Å². The van der Waals surface area contributed by atoms with Crippen molar-refractivity contribution in [3.63, 3.8) is 0 Å². The Labute approximate surface area is 91.5 Å². The summed E-state index contributed by atoms with van der Waals surface area (Å²) in [5, 5.41) is 3.34. The fourth-order valence-corrected chi connectivity index (χ4v) is 2.18. The second-order valence-corrected chi connectivity index (χ2v) is 4.99. The lowest BCUT2D eigenvalue weighted by Crippen LogP contribution is -2.47. The topological polar surface area (TPSA) is 40.0 Å². The van der Waals surface area contributed by atoms with Gasteiger partial charge in [-0.3, -0.25) is 0 Å². The fourth-order valence-electron chi connectivity index (χ4n) is 2.18. The average Bonchev–Trinajstić information content (AvgIpc) is 2.16. The van der Waals surface area contributed by atoms with Crippen LogP contribution in [0.15, 0.2) is 9.98 Å². The number of nitrogens with zero attached hydrogens (tertiary/aromatic N) is 3. The number of guanidine groups is 1. The minimum absolute atomic E-state index is 0.0199. The lowest BCUT2D eigenvalue weighted by atomic mass is 9.98. The van der Waals surface area contributed by atoms with Crippen LogP contribution in [0.25, 0.3) is 0 Å². The molecule has 15 heavy (non-hydrogen) atoms. The van der Waals surface area contributed by atoms with Gasteiger partial charge in [0.15, 0.2) is 0 Å². The van der Waals surface area contributed by atoms with Crippen LogP contribution in [-0.2, 0) is 0 Å². The number of rotatable bonds is 0. The van der Waals surface area contributed by atoms with Gasteiger partial charge in [-0.25, -0.2) is 9.98 Å². The average molecular weight is 208 g/mol. The van der Waals surface area contributed by atoms with Crippen molar-refractivity contribution in [2.75, 3.05) is 26.2 Å². The van der Waals surface area contributed by atoms with Crippen molar-refractivity contribution in [3.8, 4) is 0 Å². The highest BCUT2D eigenvalue weighted by atomic mass is 15.3. The summed E-state index contributed by atoms with van der Waals surface area (Å²) in [4.78, 5) is 11.6. The van der Waals surface area contributed by atoms with E-state index in [0.29, 0.717) is 0 Å². The molecule has 0 aliphatic carbocycles. The van der Waals surface area contributed by atoms with E-state index in [-0.39, 0.29) is 5.54 Å². The highest BCUT2D eigenvalue weighted by Gasteiger charge is 2.26. The normalized spacial score (nSPS) is 25.9. The minimum Gasteiger partial charge on any atom is -0.339 e. The van der Waals surface area contributed by atoms with E-state index in [0.717, 1.165) is 38.6 Å². The Kier molecular flexibility index (Phi) is 2.78. The Balaban J connectivity index is 2.16. The molecule has 1 fully saturated rings. The highest BCUT2D eigenvalue weighted by Crippen LogP contribution is 2.21. The van der Waals surface area contributed by atoms with Gasteiger partial charge in [0.1, 0.15) is 0 Å². The standard InChI is InChI=1S/C11H20N4/c1-9-8-11(2,3)14-10(13-9)15-6-4-12-5-7-15/h12H,4-8H2,1-3H3. The second-order valence-electron chi connectivity index (χ2n) is 4.99. The first-order valence-corrected chi connectivity index (χ1v) is 5.66. The number of aliphatic imine (C=N–C) groups is 2. The summed E-state index contributed by atoms with van der Waals surface area (Å²) in [5.41, 5.74) is 1.22. The van der Waals surface area contributed by atoms with E-state index in [1.807, 2.05) is 0 Å². The summed E-state index contributed by atoms with van der Waals surface area (Å²) in [7, 11) is 0. The Morgan fingerprint density at radius 2 is 1.93 bits per heavy atom. The van der Waals surface area contributed by atoms with Crippen LogP contribution < -0.4 is 5.32 Å². The van der Waals surface area contributed by atoms with Crippen LogP contribution in [0.2, 0.25) is 0 Å². The SMILES string of the molecule is CC1=NC(N2CCNCC2)=NC(C)(C)C1. The third kappa shape index (κ3) is 2.56. The molecule has 0 amide bonds. The fraction of sp³-hybridized carbons (Fsp3) is 0.818. The van der Waals surface area contributed by atoms with E-state index in [1.165, 1.54) is 5.71 Å².